The highest BCUT2D eigenvalue weighted by Gasteiger charge is 2.18. The van der Waals surface area contributed by atoms with Crippen molar-refractivity contribution in [3.63, 3.8) is 0 Å². The molecule has 3 N–H and O–H groups in total. The maximum atomic E-state index is 11.6. The van der Waals surface area contributed by atoms with Crippen LogP contribution in [0.2, 0.25) is 0 Å². The Hall–Kier alpha value is -1.55. The Labute approximate surface area is 128 Å². The van der Waals surface area contributed by atoms with Gasteiger partial charge in [0.15, 0.2) is 6.61 Å². The fourth-order valence-electron chi connectivity index (χ4n) is 2.15. The summed E-state index contributed by atoms with van der Waals surface area (Å²) in [5.74, 6) is 0.690. The first-order valence-electron chi connectivity index (χ1n) is 7.53. The lowest BCUT2D eigenvalue weighted by Gasteiger charge is -2.23. The summed E-state index contributed by atoms with van der Waals surface area (Å²) in [4.78, 5) is 11.6. The van der Waals surface area contributed by atoms with E-state index in [1.165, 1.54) is 5.56 Å². The summed E-state index contributed by atoms with van der Waals surface area (Å²) < 4.78 is 5.73. The second kappa shape index (κ2) is 7.46. The van der Waals surface area contributed by atoms with Crippen molar-refractivity contribution >= 4 is 5.91 Å². The van der Waals surface area contributed by atoms with Crippen LogP contribution in [0.3, 0.4) is 0 Å². The molecule has 21 heavy (non-hydrogen) atoms. The second-order valence-electron chi connectivity index (χ2n) is 6.31. The van der Waals surface area contributed by atoms with Gasteiger partial charge in [-0.2, -0.15) is 0 Å². The third-order valence-electron chi connectivity index (χ3n) is 3.41. The first-order chi connectivity index (χ1) is 9.79. The van der Waals surface area contributed by atoms with Gasteiger partial charge in [0.1, 0.15) is 5.75 Å². The molecule has 0 saturated heterocycles. The molecule has 0 spiro atoms. The van der Waals surface area contributed by atoms with Gasteiger partial charge in [-0.05, 0) is 35.4 Å². The molecule has 0 fully saturated rings. The Morgan fingerprint density at radius 1 is 1.33 bits per heavy atom. The molecule has 0 aromatic heterocycles. The van der Waals surface area contributed by atoms with Crippen LogP contribution in [-0.4, -0.2) is 25.6 Å². The molecular weight excluding hydrogens is 264 g/mol. The summed E-state index contributed by atoms with van der Waals surface area (Å²) in [6.45, 7) is 11.7. The molecule has 0 bridgehead atoms. The monoisotopic (exact) mass is 292 g/mol. The van der Waals surface area contributed by atoms with Gasteiger partial charge in [-0.15, -0.1) is 0 Å². The quantitative estimate of drug-likeness (QED) is 0.845. The minimum absolute atomic E-state index is 0.0305. The van der Waals surface area contributed by atoms with Gasteiger partial charge in [-0.25, -0.2) is 0 Å². The molecule has 118 valence electrons. The van der Waals surface area contributed by atoms with Crippen LogP contribution in [0.25, 0.3) is 0 Å². The van der Waals surface area contributed by atoms with E-state index in [9.17, 15) is 4.79 Å². The zero-order valence-corrected chi connectivity index (χ0v) is 13.9. The van der Waals surface area contributed by atoms with Crippen LogP contribution >= 0.6 is 0 Å². The van der Waals surface area contributed by atoms with E-state index in [-0.39, 0.29) is 17.9 Å². The van der Waals surface area contributed by atoms with E-state index in [1.54, 1.807) is 0 Å². The van der Waals surface area contributed by atoms with E-state index in [0.29, 0.717) is 13.1 Å². The predicted molar refractivity (Wildman–Crippen MR) is 86.8 cm³/mol. The van der Waals surface area contributed by atoms with Crippen LogP contribution in [0.1, 0.15) is 44.4 Å². The molecule has 0 aliphatic carbocycles. The van der Waals surface area contributed by atoms with Crippen LogP contribution in [-0.2, 0) is 16.6 Å². The number of carbonyl (C=O) groups is 1. The van der Waals surface area contributed by atoms with E-state index in [0.717, 1.165) is 23.3 Å². The Morgan fingerprint density at radius 2 is 2.00 bits per heavy atom. The largest absolute Gasteiger partial charge is 0.483 e. The number of aryl methyl sites for hydroxylation is 2. The van der Waals surface area contributed by atoms with E-state index < -0.39 is 0 Å². The lowest BCUT2D eigenvalue weighted by molar-refractivity contribution is -0.123. The fraction of sp³-hybridized carbons (Fsp3) is 0.588. The zero-order chi connectivity index (χ0) is 16.0. The SMILES string of the molecule is CCc1cc(C(C)(C)C)cc(C)c1OCC(=O)NCCN. The molecule has 4 heteroatoms. The van der Waals surface area contributed by atoms with E-state index in [4.69, 9.17) is 10.5 Å². The molecule has 0 saturated carbocycles. The standard InChI is InChI=1S/C17H28N2O2/c1-6-13-10-14(17(3,4)5)9-12(2)16(13)21-11-15(20)19-8-7-18/h9-10H,6-8,11,18H2,1-5H3,(H,19,20). The maximum absolute atomic E-state index is 11.6. The zero-order valence-electron chi connectivity index (χ0n) is 13.9. The molecule has 0 aliphatic rings. The number of benzene rings is 1. The average molecular weight is 292 g/mol. The topological polar surface area (TPSA) is 64.3 Å². The summed E-state index contributed by atoms with van der Waals surface area (Å²) in [7, 11) is 0. The molecule has 1 aromatic rings. The third kappa shape index (κ3) is 5.05. The van der Waals surface area contributed by atoms with Crippen molar-refractivity contribution in [2.24, 2.45) is 5.73 Å². The number of nitrogens with two attached hydrogens (primary N) is 1. The van der Waals surface area contributed by atoms with Crippen molar-refractivity contribution in [3.05, 3.63) is 28.8 Å². The van der Waals surface area contributed by atoms with Gasteiger partial charge >= 0.3 is 0 Å². The van der Waals surface area contributed by atoms with Crippen molar-refractivity contribution in [1.82, 2.24) is 5.32 Å². The number of ether oxygens (including phenoxy) is 1. The van der Waals surface area contributed by atoms with Crippen LogP contribution in [0, 0.1) is 6.92 Å². The second-order valence-corrected chi connectivity index (χ2v) is 6.31. The number of nitrogens with one attached hydrogen (secondary N) is 1. The van der Waals surface area contributed by atoms with Crippen LogP contribution in [0.5, 0.6) is 5.75 Å². The molecule has 1 rings (SSSR count). The number of hydrogen-bond donors (Lipinski definition) is 2. The number of amides is 1. The molecule has 0 radical (unpaired) electrons. The number of carbonyl (C=O) groups excluding carboxylic acids is 1. The number of hydrogen-bond acceptors (Lipinski definition) is 3. The molecule has 0 aliphatic heterocycles. The summed E-state index contributed by atoms with van der Waals surface area (Å²) in [5.41, 5.74) is 8.97. The predicted octanol–water partition coefficient (Wildman–Crippen LogP) is 2.31. The maximum Gasteiger partial charge on any atom is 0.257 e. The van der Waals surface area contributed by atoms with Crippen LogP contribution < -0.4 is 15.8 Å². The Bertz CT molecular complexity index is 490. The highest BCUT2D eigenvalue weighted by molar-refractivity contribution is 5.77. The molecule has 1 amide bonds. The highest BCUT2D eigenvalue weighted by Crippen LogP contribution is 2.31. The van der Waals surface area contributed by atoms with Gasteiger partial charge in [0.2, 0.25) is 0 Å². The van der Waals surface area contributed by atoms with Gasteiger partial charge in [0, 0.05) is 13.1 Å². The summed E-state index contributed by atoms with van der Waals surface area (Å²) >= 11 is 0. The van der Waals surface area contributed by atoms with Crippen molar-refractivity contribution < 1.29 is 9.53 Å². The highest BCUT2D eigenvalue weighted by atomic mass is 16.5. The van der Waals surface area contributed by atoms with Crippen molar-refractivity contribution in [1.29, 1.82) is 0 Å². The lowest BCUT2D eigenvalue weighted by atomic mass is 9.84. The molecule has 4 nitrogen and oxygen atoms in total. The summed E-state index contributed by atoms with van der Waals surface area (Å²) in [6.07, 6.45) is 0.879. The van der Waals surface area contributed by atoms with Crippen molar-refractivity contribution in [3.8, 4) is 5.75 Å². The van der Waals surface area contributed by atoms with Gasteiger partial charge in [-0.3, -0.25) is 4.79 Å². The lowest BCUT2D eigenvalue weighted by Crippen LogP contribution is -2.33. The van der Waals surface area contributed by atoms with Crippen LogP contribution in [0.4, 0.5) is 0 Å². The minimum Gasteiger partial charge on any atom is -0.483 e. The van der Waals surface area contributed by atoms with E-state index >= 15 is 0 Å². The Balaban J connectivity index is 2.90. The number of rotatable bonds is 6. The van der Waals surface area contributed by atoms with Gasteiger partial charge in [-0.1, -0.05) is 39.8 Å². The molecule has 0 unspecified atom stereocenters. The first kappa shape index (κ1) is 17.5. The molecule has 1 aromatic carbocycles. The smallest absolute Gasteiger partial charge is 0.257 e. The van der Waals surface area contributed by atoms with Gasteiger partial charge in [0.25, 0.3) is 5.91 Å². The molecular formula is C17H28N2O2. The average Bonchev–Trinajstić information content (AvgIpc) is 2.41. The molecule has 0 heterocycles. The van der Waals surface area contributed by atoms with E-state index in [1.807, 2.05) is 6.92 Å². The van der Waals surface area contributed by atoms with Gasteiger partial charge < -0.3 is 15.8 Å². The van der Waals surface area contributed by atoms with Crippen molar-refractivity contribution in [2.45, 2.75) is 46.5 Å². The van der Waals surface area contributed by atoms with Gasteiger partial charge in [0.05, 0.1) is 0 Å². The minimum atomic E-state index is -0.137. The van der Waals surface area contributed by atoms with Crippen molar-refractivity contribution in [2.75, 3.05) is 19.7 Å². The Kier molecular flexibility index (Phi) is 6.21. The normalized spacial score (nSPS) is 11.3. The first-order valence-corrected chi connectivity index (χ1v) is 7.53. The third-order valence-corrected chi connectivity index (χ3v) is 3.41. The van der Waals surface area contributed by atoms with Crippen LogP contribution in [0.15, 0.2) is 12.1 Å². The molecule has 0 atom stereocenters. The fourth-order valence-corrected chi connectivity index (χ4v) is 2.15. The Morgan fingerprint density at radius 3 is 2.52 bits per heavy atom. The summed E-state index contributed by atoms with van der Waals surface area (Å²) in [6, 6.07) is 4.33. The summed E-state index contributed by atoms with van der Waals surface area (Å²) in [5, 5.41) is 2.71. The van der Waals surface area contributed by atoms with E-state index in [2.05, 4.69) is 45.1 Å².